The van der Waals surface area contributed by atoms with E-state index in [1.54, 1.807) is 18.3 Å². The molecule has 7 nitrogen and oxygen atoms in total. The predicted octanol–water partition coefficient (Wildman–Crippen LogP) is 1.74. The molecule has 0 saturated carbocycles. The molecule has 1 atom stereocenters. The second-order valence-corrected chi connectivity index (χ2v) is 5.40. The van der Waals surface area contributed by atoms with Crippen molar-refractivity contribution in [1.82, 2.24) is 20.3 Å². The number of nitrogens with one attached hydrogen (secondary N) is 1. The van der Waals surface area contributed by atoms with Crippen LogP contribution >= 0.6 is 0 Å². The predicted molar refractivity (Wildman–Crippen MR) is 80.4 cm³/mol. The van der Waals surface area contributed by atoms with Gasteiger partial charge in [-0.25, -0.2) is 13.9 Å². The molecule has 1 aromatic heterocycles. The molecular formula is C15H16F4N4O3. The Morgan fingerprint density at radius 2 is 2.00 bits per heavy atom. The molecule has 0 aliphatic carbocycles. The van der Waals surface area contributed by atoms with Crippen molar-refractivity contribution in [2.45, 2.75) is 32.0 Å². The minimum atomic E-state index is -5.08. The lowest BCUT2D eigenvalue weighted by molar-refractivity contribution is -0.192. The fourth-order valence-electron chi connectivity index (χ4n) is 2.10. The number of carbonyl (C=O) groups is 1. The summed E-state index contributed by atoms with van der Waals surface area (Å²) in [6.45, 7) is 2.70. The minimum Gasteiger partial charge on any atom is -0.475 e. The van der Waals surface area contributed by atoms with Crippen molar-refractivity contribution in [3.8, 4) is 0 Å². The smallest absolute Gasteiger partial charge is 0.475 e. The standard InChI is InChI=1S/C13H15FN4O.C2HF3O2/c14-11-3-1-10(2-4-11)5-15-7-13-8-18-12(9-19-13)6-16-17-18;3-2(4,5)1(6)7/h1-4,6,13,15H,5,7-9H2;(H,6,7). The molecule has 0 saturated heterocycles. The number of rotatable bonds is 4. The van der Waals surface area contributed by atoms with Crippen molar-refractivity contribution in [3.63, 3.8) is 0 Å². The van der Waals surface area contributed by atoms with Crippen LogP contribution in [0.3, 0.4) is 0 Å². The summed E-state index contributed by atoms with van der Waals surface area (Å²) >= 11 is 0. The number of carboxylic acids is 1. The van der Waals surface area contributed by atoms with Crippen molar-refractivity contribution in [2.75, 3.05) is 6.54 Å². The van der Waals surface area contributed by atoms with Gasteiger partial charge in [0.2, 0.25) is 0 Å². The third-order valence-electron chi connectivity index (χ3n) is 3.40. The number of fused-ring (bicyclic) bond motifs is 1. The van der Waals surface area contributed by atoms with Crippen LogP contribution < -0.4 is 5.32 Å². The van der Waals surface area contributed by atoms with Crippen molar-refractivity contribution >= 4 is 5.97 Å². The summed E-state index contributed by atoms with van der Waals surface area (Å²) in [5.74, 6) is -2.97. The third-order valence-corrected chi connectivity index (χ3v) is 3.40. The van der Waals surface area contributed by atoms with Crippen molar-refractivity contribution < 1.29 is 32.2 Å². The van der Waals surface area contributed by atoms with E-state index in [4.69, 9.17) is 14.6 Å². The highest BCUT2D eigenvalue weighted by Crippen LogP contribution is 2.13. The van der Waals surface area contributed by atoms with Gasteiger partial charge < -0.3 is 15.2 Å². The van der Waals surface area contributed by atoms with Gasteiger partial charge in [0.1, 0.15) is 5.82 Å². The quantitative estimate of drug-likeness (QED) is 0.791. The van der Waals surface area contributed by atoms with Gasteiger partial charge in [0.05, 0.1) is 31.1 Å². The number of benzene rings is 1. The zero-order chi connectivity index (χ0) is 19.2. The van der Waals surface area contributed by atoms with Crippen LogP contribution in [0.25, 0.3) is 0 Å². The van der Waals surface area contributed by atoms with Crippen molar-refractivity contribution in [3.05, 3.63) is 47.5 Å². The molecule has 0 radical (unpaired) electrons. The molecule has 11 heteroatoms. The van der Waals surface area contributed by atoms with E-state index in [0.29, 0.717) is 19.7 Å². The van der Waals surface area contributed by atoms with E-state index in [0.717, 1.165) is 17.8 Å². The molecule has 1 aliphatic heterocycles. The van der Waals surface area contributed by atoms with E-state index in [-0.39, 0.29) is 11.9 Å². The Balaban J connectivity index is 0.000000298. The normalized spacial score (nSPS) is 16.4. The second kappa shape index (κ2) is 8.72. The lowest BCUT2D eigenvalue weighted by atomic mass is 10.2. The number of carboxylic acid groups (broad SMARTS) is 1. The summed E-state index contributed by atoms with van der Waals surface area (Å²) in [5, 5.41) is 18.3. The Hall–Kier alpha value is -2.53. The number of nitrogens with zero attached hydrogens (tertiary/aromatic N) is 3. The van der Waals surface area contributed by atoms with E-state index >= 15 is 0 Å². The van der Waals surface area contributed by atoms with E-state index in [2.05, 4.69) is 15.6 Å². The monoisotopic (exact) mass is 376 g/mol. The molecule has 2 heterocycles. The minimum absolute atomic E-state index is 0.0923. The zero-order valence-corrected chi connectivity index (χ0v) is 13.4. The number of alkyl halides is 3. The average Bonchev–Trinajstić information content (AvgIpc) is 3.04. The van der Waals surface area contributed by atoms with Gasteiger partial charge >= 0.3 is 12.1 Å². The molecule has 0 amide bonds. The summed E-state index contributed by atoms with van der Waals surface area (Å²) in [6, 6.07) is 6.49. The van der Waals surface area contributed by atoms with Crippen LogP contribution in [0, 0.1) is 5.82 Å². The number of aromatic nitrogens is 3. The second-order valence-electron chi connectivity index (χ2n) is 5.40. The molecule has 0 bridgehead atoms. The first-order chi connectivity index (χ1) is 12.3. The molecule has 1 aliphatic rings. The first-order valence-corrected chi connectivity index (χ1v) is 7.50. The van der Waals surface area contributed by atoms with Gasteiger partial charge in [0, 0.05) is 13.1 Å². The van der Waals surface area contributed by atoms with Gasteiger partial charge in [0.15, 0.2) is 0 Å². The molecule has 1 unspecified atom stereocenters. The number of hydrogen-bond acceptors (Lipinski definition) is 5. The number of hydrogen-bond donors (Lipinski definition) is 2. The summed E-state index contributed by atoms with van der Waals surface area (Å²) < 4.78 is 52.1. The van der Waals surface area contributed by atoms with Gasteiger partial charge in [-0.05, 0) is 17.7 Å². The van der Waals surface area contributed by atoms with Crippen LogP contribution in [0.4, 0.5) is 17.6 Å². The largest absolute Gasteiger partial charge is 0.490 e. The summed E-state index contributed by atoms with van der Waals surface area (Å²) in [6.07, 6.45) is -3.27. The molecule has 0 spiro atoms. The molecule has 2 N–H and O–H groups in total. The maximum atomic E-state index is 12.8. The van der Waals surface area contributed by atoms with Crippen molar-refractivity contribution in [1.29, 1.82) is 0 Å². The fourth-order valence-corrected chi connectivity index (χ4v) is 2.10. The van der Waals surface area contributed by atoms with Gasteiger partial charge in [0.25, 0.3) is 0 Å². The fraction of sp³-hybridized carbons (Fsp3) is 0.400. The maximum Gasteiger partial charge on any atom is 0.490 e. The van der Waals surface area contributed by atoms with Crippen LogP contribution in [0.15, 0.2) is 30.5 Å². The van der Waals surface area contributed by atoms with Gasteiger partial charge in [-0.2, -0.15) is 13.2 Å². The maximum absolute atomic E-state index is 12.8. The average molecular weight is 376 g/mol. The van der Waals surface area contributed by atoms with Crippen LogP contribution in [0.2, 0.25) is 0 Å². The van der Waals surface area contributed by atoms with Crippen molar-refractivity contribution in [2.24, 2.45) is 0 Å². The van der Waals surface area contributed by atoms with Gasteiger partial charge in [-0.3, -0.25) is 0 Å². The summed E-state index contributed by atoms with van der Waals surface area (Å²) in [7, 11) is 0. The highest BCUT2D eigenvalue weighted by Gasteiger charge is 2.38. The molecule has 3 rings (SSSR count). The zero-order valence-electron chi connectivity index (χ0n) is 13.4. The third kappa shape index (κ3) is 6.08. The van der Waals surface area contributed by atoms with E-state index in [1.165, 1.54) is 12.1 Å². The Bertz CT molecular complexity index is 718. The Morgan fingerprint density at radius 3 is 2.62 bits per heavy atom. The highest BCUT2D eigenvalue weighted by atomic mass is 19.4. The van der Waals surface area contributed by atoms with E-state index < -0.39 is 12.1 Å². The van der Waals surface area contributed by atoms with Gasteiger partial charge in [-0.1, -0.05) is 17.3 Å². The molecular weight excluding hydrogens is 360 g/mol. The van der Waals surface area contributed by atoms with Crippen LogP contribution in [-0.4, -0.2) is 44.9 Å². The molecule has 26 heavy (non-hydrogen) atoms. The lowest BCUT2D eigenvalue weighted by Crippen LogP contribution is -2.36. The Morgan fingerprint density at radius 1 is 1.35 bits per heavy atom. The van der Waals surface area contributed by atoms with Gasteiger partial charge in [-0.15, -0.1) is 5.10 Å². The van der Waals surface area contributed by atoms with Crippen LogP contribution in [0.1, 0.15) is 11.3 Å². The number of aliphatic carboxylic acids is 1. The summed E-state index contributed by atoms with van der Waals surface area (Å²) in [5.41, 5.74) is 2.06. The molecule has 142 valence electrons. The number of halogens is 4. The van der Waals surface area contributed by atoms with Crippen LogP contribution in [0.5, 0.6) is 0 Å². The van der Waals surface area contributed by atoms with E-state index in [9.17, 15) is 17.6 Å². The highest BCUT2D eigenvalue weighted by molar-refractivity contribution is 5.73. The lowest BCUT2D eigenvalue weighted by Gasteiger charge is -2.23. The first kappa shape index (κ1) is 19.8. The topological polar surface area (TPSA) is 89.3 Å². The Labute approximate surface area is 145 Å². The molecule has 0 fully saturated rings. The molecule has 1 aromatic carbocycles. The van der Waals surface area contributed by atoms with E-state index in [1.807, 2.05) is 4.68 Å². The first-order valence-electron chi connectivity index (χ1n) is 7.50. The SMILES string of the molecule is Fc1ccc(CNCC2Cn3nncc3CO2)cc1.O=C(O)C(F)(F)F. The molecule has 2 aromatic rings. The van der Waals surface area contributed by atoms with Crippen LogP contribution in [-0.2, 0) is 29.2 Å². The summed E-state index contributed by atoms with van der Waals surface area (Å²) in [4.78, 5) is 8.90. The Kier molecular flexibility index (Phi) is 6.64. The number of ether oxygens (including phenoxy) is 1.